The zero-order valence-corrected chi connectivity index (χ0v) is 12.9. The first kappa shape index (κ1) is 16.7. The molecule has 0 bridgehead atoms. The van der Waals surface area contributed by atoms with Crippen molar-refractivity contribution in [2.24, 2.45) is 5.41 Å². The van der Waals surface area contributed by atoms with Gasteiger partial charge in [0, 0.05) is 11.0 Å². The van der Waals surface area contributed by atoms with E-state index in [1.165, 1.54) is 0 Å². The van der Waals surface area contributed by atoms with Crippen molar-refractivity contribution in [3.63, 3.8) is 0 Å². The average molecular weight is 284 g/mol. The van der Waals surface area contributed by atoms with Gasteiger partial charge in [0.05, 0.1) is 0 Å². The summed E-state index contributed by atoms with van der Waals surface area (Å²) in [5.74, 6) is -1.48. The Kier molecular flexibility index (Phi) is 5.00. The molecule has 0 aliphatic carbocycles. The minimum atomic E-state index is -1.48. The van der Waals surface area contributed by atoms with E-state index in [9.17, 15) is 4.79 Å². The van der Waals surface area contributed by atoms with Gasteiger partial charge in [-0.1, -0.05) is 40.3 Å². The van der Waals surface area contributed by atoms with E-state index in [0.717, 1.165) is 18.4 Å². The fourth-order valence-electron chi connectivity index (χ4n) is 2.23. The summed E-state index contributed by atoms with van der Waals surface area (Å²) in [6, 6.07) is 0. The predicted octanol–water partition coefficient (Wildman–Crippen LogP) is 4.10. The SMILES string of the molecule is C=C(C)C(OC(=O)OC1(C(=C)C)OO1)C(C)(C)CCC. The molecule has 5 heteroatoms. The minimum absolute atomic E-state index is 0.221. The molecule has 0 aromatic carbocycles. The second-order valence-corrected chi connectivity index (χ2v) is 5.94. The molecule has 1 heterocycles. The molecule has 1 aliphatic heterocycles. The fraction of sp³-hybridized carbons (Fsp3) is 0.667. The van der Waals surface area contributed by atoms with Crippen LogP contribution in [0.4, 0.5) is 4.79 Å². The van der Waals surface area contributed by atoms with Gasteiger partial charge in [0.15, 0.2) is 0 Å². The van der Waals surface area contributed by atoms with Gasteiger partial charge in [0.25, 0.3) is 0 Å². The van der Waals surface area contributed by atoms with Crippen LogP contribution < -0.4 is 0 Å². The molecule has 1 saturated heterocycles. The van der Waals surface area contributed by atoms with Crippen LogP contribution in [-0.2, 0) is 19.2 Å². The highest BCUT2D eigenvalue weighted by molar-refractivity contribution is 5.61. The van der Waals surface area contributed by atoms with Gasteiger partial charge in [-0.3, -0.25) is 0 Å². The zero-order valence-electron chi connectivity index (χ0n) is 12.9. The number of carbonyl (C=O) groups excluding carboxylic acids is 1. The molecule has 0 saturated carbocycles. The summed E-state index contributed by atoms with van der Waals surface area (Å²) in [7, 11) is 0. The summed E-state index contributed by atoms with van der Waals surface area (Å²) in [4.78, 5) is 21.2. The number of hydrogen-bond acceptors (Lipinski definition) is 5. The molecule has 0 radical (unpaired) electrons. The highest BCUT2D eigenvalue weighted by Gasteiger charge is 2.56. The average Bonchev–Trinajstić information content (AvgIpc) is 3.06. The maximum absolute atomic E-state index is 11.9. The summed E-state index contributed by atoms with van der Waals surface area (Å²) < 4.78 is 10.4. The maximum Gasteiger partial charge on any atom is 0.513 e. The molecule has 0 N–H and O–H groups in total. The lowest BCUT2D eigenvalue weighted by molar-refractivity contribution is -0.0544. The molecule has 1 rings (SSSR count). The van der Waals surface area contributed by atoms with Crippen molar-refractivity contribution in [3.05, 3.63) is 24.3 Å². The van der Waals surface area contributed by atoms with E-state index in [0.29, 0.717) is 5.57 Å². The number of rotatable bonds is 7. The molecule has 0 aromatic heterocycles. The third-order valence-electron chi connectivity index (χ3n) is 3.24. The molecule has 0 amide bonds. The van der Waals surface area contributed by atoms with Gasteiger partial charge in [-0.15, -0.1) is 9.78 Å². The maximum atomic E-state index is 11.9. The Morgan fingerprint density at radius 2 is 1.85 bits per heavy atom. The summed E-state index contributed by atoms with van der Waals surface area (Å²) in [6.45, 7) is 17.1. The Morgan fingerprint density at radius 3 is 2.20 bits per heavy atom. The molecule has 1 atom stereocenters. The fourth-order valence-corrected chi connectivity index (χ4v) is 2.23. The summed E-state index contributed by atoms with van der Waals surface area (Å²) in [6.07, 6.45) is 0.589. The lowest BCUT2D eigenvalue weighted by Crippen LogP contribution is -2.36. The van der Waals surface area contributed by atoms with E-state index in [-0.39, 0.29) is 5.41 Å². The van der Waals surface area contributed by atoms with E-state index < -0.39 is 18.2 Å². The Bertz CT molecular complexity index is 406. The molecule has 1 fully saturated rings. The summed E-state index contributed by atoms with van der Waals surface area (Å²) in [5, 5.41) is 0. The second-order valence-electron chi connectivity index (χ2n) is 5.94. The molecule has 1 unspecified atom stereocenters. The molecule has 1 aliphatic rings. The monoisotopic (exact) mass is 284 g/mol. The van der Waals surface area contributed by atoms with E-state index in [2.05, 4.69) is 29.9 Å². The molecular weight excluding hydrogens is 260 g/mol. The Hall–Kier alpha value is -1.33. The van der Waals surface area contributed by atoms with Gasteiger partial charge in [-0.05, 0) is 25.8 Å². The largest absolute Gasteiger partial charge is 0.513 e. The van der Waals surface area contributed by atoms with Gasteiger partial charge in [0.2, 0.25) is 0 Å². The first-order valence-corrected chi connectivity index (χ1v) is 6.72. The van der Waals surface area contributed by atoms with Crippen LogP contribution in [0.1, 0.15) is 47.5 Å². The highest BCUT2D eigenvalue weighted by atomic mass is 17.5. The molecular formula is C15H24O5. The van der Waals surface area contributed by atoms with Crippen molar-refractivity contribution in [1.29, 1.82) is 0 Å². The third-order valence-corrected chi connectivity index (χ3v) is 3.24. The van der Waals surface area contributed by atoms with Crippen molar-refractivity contribution in [2.75, 3.05) is 0 Å². The van der Waals surface area contributed by atoms with Crippen molar-refractivity contribution >= 4 is 6.16 Å². The van der Waals surface area contributed by atoms with Crippen LogP contribution in [0.5, 0.6) is 0 Å². The Balaban J connectivity index is 2.69. The van der Waals surface area contributed by atoms with Crippen LogP contribution in [0.15, 0.2) is 24.3 Å². The van der Waals surface area contributed by atoms with Crippen LogP contribution in [0.25, 0.3) is 0 Å². The standard InChI is InChI=1S/C15H24O5/c1-8-9-14(6,7)12(10(2)3)17-13(16)18-15(11(4)5)19-20-15/h12H,2,4,8-9H2,1,3,5-7H3. The van der Waals surface area contributed by atoms with Gasteiger partial charge >= 0.3 is 12.1 Å². The molecule has 20 heavy (non-hydrogen) atoms. The van der Waals surface area contributed by atoms with Crippen molar-refractivity contribution in [1.82, 2.24) is 0 Å². The zero-order chi connectivity index (χ0) is 15.6. The molecule has 0 spiro atoms. The lowest BCUT2D eigenvalue weighted by atomic mass is 9.79. The van der Waals surface area contributed by atoms with Crippen LogP contribution >= 0.6 is 0 Å². The predicted molar refractivity (Wildman–Crippen MR) is 74.6 cm³/mol. The minimum Gasteiger partial charge on any atom is -0.426 e. The van der Waals surface area contributed by atoms with Crippen LogP contribution in [0, 0.1) is 5.41 Å². The van der Waals surface area contributed by atoms with Crippen LogP contribution in [0.2, 0.25) is 0 Å². The summed E-state index contributed by atoms with van der Waals surface area (Å²) >= 11 is 0. The first-order chi connectivity index (χ1) is 9.14. The second kappa shape index (κ2) is 5.97. The van der Waals surface area contributed by atoms with Gasteiger partial charge < -0.3 is 9.47 Å². The topological polar surface area (TPSA) is 60.6 Å². The number of ether oxygens (including phenoxy) is 2. The van der Waals surface area contributed by atoms with Crippen molar-refractivity contribution < 1.29 is 24.0 Å². The number of hydrogen-bond donors (Lipinski definition) is 0. The van der Waals surface area contributed by atoms with Gasteiger partial charge in [0.1, 0.15) is 6.10 Å². The summed E-state index contributed by atoms with van der Waals surface area (Å²) in [5.41, 5.74) is 0.984. The van der Waals surface area contributed by atoms with E-state index in [1.54, 1.807) is 6.92 Å². The highest BCUT2D eigenvalue weighted by Crippen LogP contribution is 2.39. The molecule has 114 valence electrons. The van der Waals surface area contributed by atoms with Crippen LogP contribution in [0.3, 0.4) is 0 Å². The first-order valence-electron chi connectivity index (χ1n) is 6.72. The smallest absolute Gasteiger partial charge is 0.426 e. The van der Waals surface area contributed by atoms with E-state index in [4.69, 9.17) is 9.47 Å². The number of carbonyl (C=O) groups is 1. The Morgan fingerprint density at radius 1 is 1.30 bits per heavy atom. The Labute approximate surface area is 120 Å². The molecule has 0 aromatic rings. The van der Waals surface area contributed by atoms with Crippen molar-refractivity contribution in [3.8, 4) is 0 Å². The van der Waals surface area contributed by atoms with E-state index in [1.807, 2.05) is 20.8 Å². The van der Waals surface area contributed by atoms with Gasteiger partial charge in [-0.25, -0.2) is 4.79 Å². The van der Waals surface area contributed by atoms with E-state index >= 15 is 0 Å². The van der Waals surface area contributed by atoms with Crippen LogP contribution in [-0.4, -0.2) is 18.2 Å². The van der Waals surface area contributed by atoms with Crippen molar-refractivity contribution in [2.45, 2.75) is 59.5 Å². The lowest BCUT2D eigenvalue weighted by Gasteiger charge is -2.33. The molecule has 5 nitrogen and oxygen atoms in total. The third kappa shape index (κ3) is 3.84. The normalized spacial score (nSPS) is 18.1. The van der Waals surface area contributed by atoms with Gasteiger partial charge in [-0.2, -0.15) is 0 Å². The quantitative estimate of drug-likeness (QED) is 0.305.